The molecule has 0 unspecified atom stereocenters. The van der Waals surface area contributed by atoms with E-state index >= 15 is 4.39 Å². The zero-order valence-corrected chi connectivity index (χ0v) is 16.1. The number of phenolic OH excluding ortho intramolecular Hbond substituents is 1. The lowest BCUT2D eigenvalue weighted by molar-refractivity contribution is -0.155. The van der Waals surface area contributed by atoms with Crippen molar-refractivity contribution in [1.29, 1.82) is 0 Å². The molecule has 0 aliphatic carbocycles. The Labute approximate surface area is 159 Å². The van der Waals surface area contributed by atoms with E-state index in [1.807, 2.05) is 6.92 Å². The average Bonchev–Trinajstić information content (AvgIpc) is 2.59. The summed E-state index contributed by atoms with van der Waals surface area (Å²) in [4.78, 5) is 24.8. The minimum atomic E-state index is -0.792. The molecule has 0 heterocycles. The fourth-order valence-corrected chi connectivity index (χ4v) is 2.91. The Kier molecular flexibility index (Phi) is 6.37. The highest BCUT2D eigenvalue weighted by molar-refractivity contribution is 6.11. The third kappa shape index (κ3) is 5.16. The molecule has 27 heavy (non-hydrogen) atoms. The summed E-state index contributed by atoms with van der Waals surface area (Å²) < 4.78 is 20.5. The lowest BCUT2D eigenvalue weighted by Crippen LogP contribution is -2.25. The van der Waals surface area contributed by atoms with Gasteiger partial charge in [0.25, 0.3) is 0 Å². The van der Waals surface area contributed by atoms with Crippen LogP contribution < -0.4 is 0 Å². The van der Waals surface area contributed by atoms with Crippen molar-refractivity contribution in [2.24, 2.45) is 0 Å². The smallest absolute Gasteiger partial charge is 0.306 e. The molecule has 0 aromatic heterocycles. The molecule has 0 aliphatic rings. The summed E-state index contributed by atoms with van der Waals surface area (Å²) in [6.07, 6.45) is 0.480. The lowest BCUT2D eigenvalue weighted by atomic mass is 9.89. The Morgan fingerprint density at radius 2 is 1.74 bits per heavy atom. The van der Waals surface area contributed by atoms with Crippen molar-refractivity contribution >= 4 is 11.8 Å². The van der Waals surface area contributed by atoms with Gasteiger partial charge >= 0.3 is 5.97 Å². The first-order chi connectivity index (χ1) is 12.6. The Bertz CT molecular complexity index is 822. The standard InChI is InChI=1S/C22H25FO4/c1-5-14(13-18(25)27-22(2,3)4)16-11-12-17(24)19(20(16)23)21(26)15-9-7-6-8-10-15/h6-12,14,24H,5,13H2,1-4H3/t14-/m0/s1. The maximum absolute atomic E-state index is 15.2. The van der Waals surface area contributed by atoms with Gasteiger partial charge in [-0.05, 0) is 44.7 Å². The zero-order chi connectivity index (χ0) is 20.2. The highest BCUT2D eigenvalue weighted by atomic mass is 19.1. The van der Waals surface area contributed by atoms with Gasteiger partial charge in [-0.3, -0.25) is 9.59 Å². The second kappa shape index (κ2) is 8.33. The quantitative estimate of drug-likeness (QED) is 0.573. The van der Waals surface area contributed by atoms with Crippen LogP contribution in [-0.4, -0.2) is 22.5 Å². The van der Waals surface area contributed by atoms with Crippen molar-refractivity contribution in [3.63, 3.8) is 0 Å². The Hall–Kier alpha value is -2.69. The van der Waals surface area contributed by atoms with Crippen molar-refractivity contribution in [2.75, 3.05) is 0 Å². The molecular weight excluding hydrogens is 347 g/mol. The van der Waals surface area contributed by atoms with Crippen LogP contribution in [0.4, 0.5) is 4.39 Å². The number of phenols is 1. The van der Waals surface area contributed by atoms with Crippen LogP contribution in [0.1, 0.15) is 67.9 Å². The molecule has 144 valence electrons. The maximum atomic E-state index is 15.2. The number of benzene rings is 2. The summed E-state index contributed by atoms with van der Waals surface area (Å²) in [6.45, 7) is 7.14. The highest BCUT2D eigenvalue weighted by Gasteiger charge is 2.27. The number of halogens is 1. The maximum Gasteiger partial charge on any atom is 0.306 e. The molecule has 0 aliphatic heterocycles. The monoisotopic (exact) mass is 372 g/mol. The van der Waals surface area contributed by atoms with Crippen LogP contribution in [0.5, 0.6) is 5.75 Å². The normalized spacial score (nSPS) is 12.5. The van der Waals surface area contributed by atoms with Gasteiger partial charge in [0, 0.05) is 5.56 Å². The van der Waals surface area contributed by atoms with Crippen molar-refractivity contribution in [3.8, 4) is 5.75 Å². The second-order valence-corrected chi connectivity index (χ2v) is 7.45. The first-order valence-corrected chi connectivity index (χ1v) is 8.97. The van der Waals surface area contributed by atoms with Crippen molar-refractivity contribution in [3.05, 3.63) is 65.0 Å². The molecule has 0 saturated carbocycles. The third-order valence-corrected chi connectivity index (χ3v) is 4.18. The molecular formula is C22H25FO4. The molecule has 0 radical (unpaired) electrons. The molecule has 2 rings (SSSR count). The number of hydrogen-bond acceptors (Lipinski definition) is 4. The van der Waals surface area contributed by atoms with Crippen LogP contribution in [0.2, 0.25) is 0 Å². The van der Waals surface area contributed by atoms with Gasteiger partial charge in [0.2, 0.25) is 0 Å². The van der Waals surface area contributed by atoms with Crippen LogP contribution in [-0.2, 0) is 9.53 Å². The molecule has 0 spiro atoms. The van der Waals surface area contributed by atoms with E-state index in [0.717, 1.165) is 0 Å². The molecule has 0 amide bonds. The summed E-state index contributed by atoms with van der Waals surface area (Å²) in [5.41, 5.74) is -0.497. The van der Waals surface area contributed by atoms with Crippen LogP contribution in [0.25, 0.3) is 0 Å². The fourth-order valence-electron chi connectivity index (χ4n) is 2.91. The molecule has 1 atom stereocenters. The Morgan fingerprint density at radius 3 is 2.30 bits per heavy atom. The number of hydrogen-bond donors (Lipinski definition) is 1. The van der Waals surface area contributed by atoms with Gasteiger partial charge in [-0.25, -0.2) is 4.39 Å². The molecule has 4 nitrogen and oxygen atoms in total. The number of carbonyl (C=O) groups is 2. The third-order valence-electron chi connectivity index (χ3n) is 4.18. The predicted octanol–water partition coefficient (Wildman–Crippen LogP) is 4.99. The van der Waals surface area contributed by atoms with Crippen molar-refractivity contribution < 1.29 is 23.8 Å². The van der Waals surface area contributed by atoms with Gasteiger partial charge in [-0.15, -0.1) is 0 Å². The number of ether oxygens (including phenoxy) is 1. The first-order valence-electron chi connectivity index (χ1n) is 8.97. The molecule has 0 saturated heterocycles. The summed E-state index contributed by atoms with van der Waals surface area (Å²) >= 11 is 0. The van der Waals surface area contributed by atoms with Gasteiger partial charge < -0.3 is 9.84 Å². The van der Waals surface area contributed by atoms with Gasteiger partial charge in [-0.1, -0.05) is 43.3 Å². The largest absolute Gasteiger partial charge is 0.507 e. The van der Waals surface area contributed by atoms with E-state index in [1.54, 1.807) is 51.1 Å². The number of aromatic hydroxyl groups is 1. The van der Waals surface area contributed by atoms with E-state index in [0.29, 0.717) is 6.42 Å². The molecule has 5 heteroatoms. The molecule has 0 fully saturated rings. The fraction of sp³-hybridized carbons (Fsp3) is 0.364. The SMILES string of the molecule is CC[C@@H](CC(=O)OC(C)(C)C)c1ccc(O)c(C(=O)c2ccccc2)c1F. The summed E-state index contributed by atoms with van der Waals surface area (Å²) in [5, 5.41) is 10.1. The number of ketones is 1. The summed E-state index contributed by atoms with van der Waals surface area (Å²) in [5.74, 6) is -2.70. The van der Waals surface area contributed by atoms with Gasteiger partial charge in [0.05, 0.1) is 6.42 Å². The highest BCUT2D eigenvalue weighted by Crippen LogP contribution is 2.33. The number of esters is 1. The van der Waals surface area contributed by atoms with Crippen molar-refractivity contribution in [2.45, 2.75) is 52.1 Å². The molecule has 2 aromatic carbocycles. The van der Waals surface area contributed by atoms with E-state index in [4.69, 9.17) is 4.74 Å². The Morgan fingerprint density at radius 1 is 1.11 bits per heavy atom. The minimum Gasteiger partial charge on any atom is -0.507 e. The van der Waals surface area contributed by atoms with Gasteiger partial charge in [0.1, 0.15) is 22.7 Å². The van der Waals surface area contributed by atoms with Crippen molar-refractivity contribution in [1.82, 2.24) is 0 Å². The van der Waals surface area contributed by atoms with E-state index in [2.05, 4.69) is 0 Å². The number of rotatable bonds is 6. The molecule has 0 bridgehead atoms. The predicted molar refractivity (Wildman–Crippen MR) is 101 cm³/mol. The van der Waals surface area contributed by atoms with E-state index < -0.39 is 34.8 Å². The van der Waals surface area contributed by atoms with Gasteiger partial charge in [-0.2, -0.15) is 0 Å². The van der Waals surface area contributed by atoms with Crippen LogP contribution in [0.15, 0.2) is 42.5 Å². The zero-order valence-electron chi connectivity index (χ0n) is 16.1. The lowest BCUT2D eigenvalue weighted by Gasteiger charge is -2.22. The van der Waals surface area contributed by atoms with Crippen LogP contribution in [0, 0.1) is 5.82 Å². The average molecular weight is 372 g/mol. The van der Waals surface area contributed by atoms with E-state index in [-0.39, 0.29) is 23.1 Å². The Balaban J connectivity index is 2.37. The second-order valence-electron chi connectivity index (χ2n) is 7.45. The molecule has 1 N–H and O–H groups in total. The first kappa shape index (κ1) is 20.6. The molecule has 2 aromatic rings. The summed E-state index contributed by atoms with van der Waals surface area (Å²) in [7, 11) is 0. The van der Waals surface area contributed by atoms with E-state index in [1.165, 1.54) is 12.1 Å². The summed E-state index contributed by atoms with van der Waals surface area (Å²) in [6, 6.07) is 10.9. The van der Waals surface area contributed by atoms with E-state index in [9.17, 15) is 14.7 Å². The van der Waals surface area contributed by atoms with Crippen LogP contribution in [0.3, 0.4) is 0 Å². The minimum absolute atomic E-state index is 0.00552. The van der Waals surface area contributed by atoms with Gasteiger partial charge in [0.15, 0.2) is 5.78 Å². The topological polar surface area (TPSA) is 63.6 Å². The number of carbonyl (C=O) groups excluding carboxylic acids is 2. The van der Waals surface area contributed by atoms with Crippen LogP contribution >= 0.6 is 0 Å².